The van der Waals surface area contributed by atoms with Gasteiger partial charge in [0.25, 0.3) is 0 Å². The van der Waals surface area contributed by atoms with E-state index in [0.29, 0.717) is 19.0 Å². The first kappa shape index (κ1) is 16.3. The number of rotatable bonds is 3. The van der Waals surface area contributed by atoms with E-state index in [9.17, 15) is 9.59 Å². The number of hydrogen-bond acceptors (Lipinski definition) is 3. The van der Waals surface area contributed by atoms with Crippen LogP contribution in [0.4, 0.5) is 4.79 Å². The highest BCUT2D eigenvalue weighted by Crippen LogP contribution is 2.20. The topological polar surface area (TPSA) is 66.8 Å². The second-order valence-electron chi connectivity index (χ2n) is 5.89. The third kappa shape index (κ3) is 6.41. The molecule has 0 spiro atoms. The van der Waals surface area contributed by atoms with E-state index in [1.165, 1.54) is 6.08 Å². The van der Waals surface area contributed by atoms with Gasteiger partial charge >= 0.3 is 12.1 Å². The quantitative estimate of drug-likeness (QED) is 0.638. The Morgan fingerprint density at radius 2 is 1.80 bits per heavy atom. The van der Waals surface area contributed by atoms with Gasteiger partial charge in [0, 0.05) is 19.2 Å². The lowest BCUT2D eigenvalue weighted by molar-refractivity contribution is -0.131. The van der Waals surface area contributed by atoms with Crippen LogP contribution in [0.2, 0.25) is 0 Å². The molecule has 5 nitrogen and oxygen atoms in total. The monoisotopic (exact) mass is 281 g/mol. The van der Waals surface area contributed by atoms with Crippen molar-refractivity contribution in [1.29, 1.82) is 0 Å². The maximum absolute atomic E-state index is 11.9. The summed E-state index contributed by atoms with van der Waals surface area (Å²) in [4.78, 5) is 23.9. The van der Waals surface area contributed by atoms with Crippen LogP contribution in [0.3, 0.4) is 0 Å². The molecule has 1 rings (SSSR count). The van der Waals surface area contributed by atoms with Gasteiger partial charge in [0.2, 0.25) is 0 Å². The summed E-state index contributed by atoms with van der Waals surface area (Å²) in [6.45, 7) is 6.92. The van der Waals surface area contributed by atoms with E-state index in [-0.39, 0.29) is 6.09 Å². The summed E-state index contributed by atoms with van der Waals surface area (Å²) in [5, 5.41) is 8.46. The summed E-state index contributed by atoms with van der Waals surface area (Å²) in [7, 11) is 0. The second kappa shape index (κ2) is 7.12. The van der Waals surface area contributed by atoms with Gasteiger partial charge in [-0.25, -0.2) is 9.59 Å². The molecule has 0 bridgehead atoms. The molecule has 1 saturated heterocycles. The van der Waals surface area contributed by atoms with Crippen LogP contribution >= 0.6 is 0 Å². The first-order valence-corrected chi connectivity index (χ1v) is 6.83. The third-order valence-corrected chi connectivity index (χ3v) is 2.92. The normalized spacial score (nSPS) is 17.9. The van der Waals surface area contributed by atoms with Crippen LogP contribution in [0.5, 0.6) is 0 Å². The van der Waals surface area contributed by atoms with E-state index in [1.54, 1.807) is 11.0 Å². The molecule has 0 aromatic rings. The molecule has 0 saturated carbocycles. The lowest BCUT2D eigenvalue weighted by Gasteiger charge is -2.32. The van der Waals surface area contributed by atoms with Crippen LogP contribution in [0.15, 0.2) is 24.3 Å². The van der Waals surface area contributed by atoms with Crippen molar-refractivity contribution in [3.63, 3.8) is 0 Å². The first-order chi connectivity index (χ1) is 9.28. The minimum atomic E-state index is -0.950. The van der Waals surface area contributed by atoms with Crippen LogP contribution in [0.1, 0.15) is 33.6 Å². The molecule has 0 aliphatic carbocycles. The molecule has 0 aromatic heterocycles. The fraction of sp³-hybridized carbons (Fsp3) is 0.600. The molecule has 1 fully saturated rings. The van der Waals surface area contributed by atoms with Crippen LogP contribution in [-0.2, 0) is 9.53 Å². The largest absolute Gasteiger partial charge is 0.478 e. The summed E-state index contributed by atoms with van der Waals surface area (Å²) < 4.78 is 5.33. The maximum Gasteiger partial charge on any atom is 0.410 e. The molecule has 112 valence electrons. The van der Waals surface area contributed by atoms with Crippen molar-refractivity contribution in [2.45, 2.75) is 39.2 Å². The van der Waals surface area contributed by atoms with E-state index in [4.69, 9.17) is 9.84 Å². The Hall–Kier alpha value is -1.78. The number of ether oxygens (including phenoxy) is 1. The number of allylic oxidation sites excluding steroid dienone is 3. The van der Waals surface area contributed by atoms with Crippen molar-refractivity contribution < 1.29 is 19.4 Å². The SMILES string of the molecule is CC(C)(C)OC(=O)N1CCC(/C=C/C=C/C(=O)O)CC1. The summed E-state index contributed by atoms with van der Waals surface area (Å²) in [6.07, 6.45) is 7.85. The number of carboxylic acid groups (broad SMARTS) is 1. The molecule has 0 unspecified atom stereocenters. The fourth-order valence-corrected chi connectivity index (χ4v) is 1.96. The number of carbonyl (C=O) groups excluding carboxylic acids is 1. The highest BCUT2D eigenvalue weighted by molar-refractivity contribution is 5.80. The zero-order valence-corrected chi connectivity index (χ0v) is 12.3. The summed E-state index contributed by atoms with van der Waals surface area (Å²) in [5.74, 6) is -0.568. The molecule has 1 aliphatic heterocycles. The zero-order chi connectivity index (χ0) is 15.2. The van der Waals surface area contributed by atoms with Crippen LogP contribution in [0, 0.1) is 5.92 Å². The number of carbonyl (C=O) groups is 2. The molecule has 0 atom stereocenters. The van der Waals surface area contributed by atoms with Crippen molar-refractivity contribution in [3.8, 4) is 0 Å². The van der Waals surface area contributed by atoms with E-state index in [1.807, 2.05) is 26.8 Å². The highest BCUT2D eigenvalue weighted by atomic mass is 16.6. The number of aliphatic carboxylic acids is 1. The van der Waals surface area contributed by atoms with Crippen LogP contribution < -0.4 is 0 Å². The minimum absolute atomic E-state index is 0.259. The van der Waals surface area contributed by atoms with Gasteiger partial charge in [-0.3, -0.25) is 0 Å². The van der Waals surface area contributed by atoms with Crippen molar-refractivity contribution >= 4 is 12.1 Å². The zero-order valence-electron chi connectivity index (χ0n) is 12.3. The van der Waals surface area contributed by atoms with Gasteiger partial charge in [0.1, 0.15) is 5.60 Å². The van der Waals surface area contributed by atoms with Gasteiger partial charge in [-0.05, 0) is 39.5 Å². The minimum Gasteiger partial charge on any atom is -0.478 e. The average Bonchev–Trinajstić information content (AvgIpc) is 2.33. The highest BCUT2D eigenvalue weighted by Gasteiger charge is 2.25. The molecule has 20 heavy (non-hydrogen) atoms. The molecular formula is C15H23NO4. The lowest BCUT2D eigenvalue weighted by Crippen LogP contribution is -2.41. The standard InChI is InChI=1S/C15H23NO4/c1-15(2,3)20-14(19)16-10-8-12(9-11-16)6-4-5-7-13(17)18/h4-7,12H,8-11H2,1-3H3,(H,17,18)/b6-4+,7-5+. The molecule has 1 amide bonds. The predicted octanol–water partition coefficient (Wildman–Crippen LogP) is 2.83. The number of likely N-dealkylation sites (tertiary alicyclic amines) is 1. The van der Waals surface area contributed by atoms with Gasteiger partial charge in [-0.1, -0.05) is 18.2 Å². The van der Waals surface area contributed by atoms with Crippen LogP contribution in [0.25, 0.3) is 0 Å². The summed E-state index contributed by atoms with van der Waals surface area (Å²) >= 11 is 0. The van der Waals surface area contributed by atoms with Crippen LogP contribution in [-0.4, -0.2) is 40.8 Å². The number of nitrogens with zero attached hydrogens (tertiary/aromatic N) is 1. The van der Waals surface area contributed by atoms with Crippen molar-refractivity contribution in [1.82, 2.24) is 4.90 Å². The van der Waals surface area contributed by atoms with Crippen molar-refractivity contribution in [2.24, 2.45) is 5.92 Å². The Balaban J connectivity index is 2.36. The molecule has 5 heteroatoms. The molecule has 1 N–H and O–H groups in total. The van der Waals surface area contributed by atoms with Gasteiger partial charge in [0.15, 0.2) is 0 Å². The Labute approximate surface area is 119 Å². The number of amides is 1. The number of piperidine rings is 1. The van der Waals surface area contributed by atoms with Crippen molar-refractivity contribution in [3.05, 3.63) is 24.3 Å². The molecule has 1 aliphatic rings. The predicted molar refractivity (Wildman–Crippen MR) is 76.4 cm³/mol. The summed E-state index contributed by atoms with van der Waals surface area (Å²) in [5.41, 5.74) is -0.463. The Morgan fingerprint density at radius 1 is 1.20 bits per heavy atom. The fourth-order valence-electron chi connectivity index (χ4n) is 1.96. The average molecular weight is 281 g/mol. The maximum atomic E-state index is 11.9. The second-order valence-corrected chi connectivity index (χ2v) is 5.89. The van der Waals surface area contributed by atoms with Crippen molar-refractivity contribution in [2.75, 3.05) is 13.1 Å². The Morgan fingerprint density at radius 3 is 2.30 bits per heavy atom. The van der Waals surface area contributed by atoms with E-state index in [0.717, 1.165) is 18.9 Å². The smallest absolute Gasteiger partial charge is 0.410 e. The molecule has 0 radical (unpaired) electrons. The molecule has 0 aromatic carbocycles. The third-order valence-electron chi connectivity index (χ3n) is 2.92. The summed E-state index contributed by atoms with van der Waals surface area (Å²) in [6, 6.07) is 0. The lowest BCUT2D eigenvalue weighted by atomic mass is 9.96. The van der Waals surface area contributed by atoms with E-state index in [2.05, 4.69) is 0 Å². The van der Waals surface area contributed by atoms with Gasteiger partial charge < -0.3 is 14.7 Å². The van der Waals surface area contributed by atoms with Gasteiger partial charge in [-0.15, -0.1) is 0 Å². The Kier molecular flexibility index (Phi) is 5.80. The molecule has 1 heterocycles. The van der Waals surface area contributed by atoms with E-state index >= 15 is 0 Å². The van der Waals surface area contributed by atoms with Gasteiger partial charge in [-0.2, -0.15) is 0 Å². The number of hydrogen-bond donors (Lipinski definition) is 1. The van der Waals surface area contributed by atoms with Gasteiger partial charge in [0.05, 0.1) is 0 Å². The number of carboxylic acids is 1. The van der Waals surface area contributed by atoms with E-state index < -0.39 is 11.6 Å². The first-order valence-electron chi connectivity index (χ1n) is 6.83. The Bertz CT molecular complexity index is 399. The molecular weight excluding hydrogens is 258 g/mol.